The number of hydrogen-bond donors (Lipinski definition) is 1. The van der Waals surface area contributed by atoms with E-state index in [0.717, 1.165) is 0 Å². The van der Waals surface area contributed by atoms with Crippen LogP contribution in [0.5, 0.6) is 0 Å². The second-order valence-corrected chi connectivity index (χ2v) is 4.09. The number of ether oxygens (including phenoxy) is 1. The van der Waals surface area contributed by atoms with E-state index in [-0.39, 0.29) is 12.0 Å². The van der Waals surface area contributed by atoms with Crippen LogP contribution in [0.1, 0.15) is 24.3 Å². The second kappa shape index (κ2) is 6.20. The van der Waals surface area contributed by atoms with E-state index in [0.29, 0.717) is 24.5 Å². The van der Waals surface area contributed by atoms with Crippen molar-refractivity contribution in [2.45, 2.75) is 20.0 Å². The van der Waals surface area contributed by atoms with Crippen molar-refractivity contribution in [2.75, 3.05) is 25.9 Å². The lowest BCUT2D eigenvalue weighted by molar-refractivity contribution is 0.0529. The zero-order chi connectivity index (χ0) is 12.8. The molecular weight excluding hydrogens is 218 g/mol. The number of amides is 1. The molecule has 0 fully saturated rings. The number of nitrogens with zero attached hydrogens (tertiary/aromatic N) is 2. The molecule has 0 aliphatic rings. The molecule has 0 radical (unpaired) electrons. The van der Waals surface area contributed by atoms with E-state index < -0.39 is 0 Å². The van der Waals surface area contributed by atoms with Gasteiger partial charge in [-0.3, -0.25) is 4.79 Å². The Morgan fingerprint density at radius 1 is 1.59 bits per heavy atom. The van der Waals surface area contributed by atoms with Crippen LogP contribution >= 0.6 is 0 Å². The molecule has 1 heterocycles. The molecule has 1 amide bonds. The predicted octanol–water partition coefficient (Wildman–Crippen LogP) is 1.16. The van der Waals surface area contributed by atoms with Crippen LogP contribution in [-0.2, 0) is 4.74 Å². The van der Waals surface area contributed by atoms with Gasteiger partial charge in [-0.05, 0) is 26.0 Å². The first kappa shape index (κ1) is 13.4. The van der Waals surface area contributed by atoms with Crippen LogP contribution in [0.3, 0.4) is 0 Å². The first-order valence-corrected chi connectivity index (χ1v) is 5.60. The smallest absolute Gasteiger partial charge is 0.274 e. The van der Waals surface area contributed by atoms with Gasteiger partial charge >= 0.3 is 0 Å². The minimum atomic E-state index is -0.185. The van der Waals surface area contributed by atoms with Crippen molar-refractivity contribution in [3.8, 4) is 0 Å². The lowest BCUT2D eigenvalue weighted by Gasteiger charge is -2.18. The largest absolute Gasteiger partial charge is 0.397 e. The van der Waals surface area contributed by atoms with Gasteiger partial charge in [0.25, 0.3) is 5.91 Å². The molecule has 0 bridgehead atoms. The van der Waals surface area contributed by atoms with Crippen LogP contribution < -0.4 is 5.73 Å². The highest BCUT2D eigenvalue weighted by Crippen LogP contribution is 2.09. The summed E-state index contributed by atoms with van der Waals surface area (Å²) in [5.74, 6) is -0.185. The van der Waals surface area contributed by atoms with Crippen molar-refractivity contribution in [1.29, 1.82) is 0 Å². The van der Waals surface area contributed by atoms with Gasteiger partial charge in [0.2, 0.25) is 0 Å². The first-order chi connectivity index (χ1) is 8.02. The average Bonchev–Trinajstić information content (AvgIpc) is 2.28. The summed E-state index contributed by atoms with van der Waals surface area (Å²) in [6.07, 6.45) is 1.72. The number of aromatic nitrogens is 1. The number of anilines is 1. The number of hydrogen-bond acceptors (Lipinski definition) is 4. The maximum atomic E-state index is 12.0. The van der Waals surface area contributed by atoms with E-state index in [1.807, 2.05) is 13.8 Å². The molecule has 5 nitrogen and oxygen atoms in total. The number of likely N-dealkylation sites (N-methyl/N-ethyl adjacent to an activating group) is 1. The van der Waals surface area contributed by atoms with E-state index in [2.05, 4.69) is 4.98 Å². The highest BCUT2D eigenvalue weighted by molar-refractivity contribution is 5.96. The fourth-order valence-corrected chi connectivity index (χ4v) is 1.30. The molecule has 94 valence electrons. The van der Waals surface area contributed by atoms with Gasteiger partial charge in [-0.15, -0.1) is 0 Å². The molecule has 0 aliphatic heterocycles. The third-order valence-electron chi connectivity index (χ3n) is 2.27. The summed E-state index contributed by atoms with van der Waals surface area (Å²) < 4.78 is 5.38. The van der Waals surface area contributed by atoms with E-state index in [9.17, 15) is 4.79 Å². The van der Waals surface area contributed by atoms with E-state index in [1.165, 1.54) is 0 Å². The number of carbonyl (C=O) groups excluding carboxylic acids is 1. The molecule has 1 rings (SSSR count). The Kier molecular flexibility index (Phi) is 4.90. The molecule has 1 aromatic heterocycles. The molecule has 5 heteroatoms. The van der Waals surface area contributed by atoms with Crippen LogP contribution in [0.2, 0.25) is 0 Å². The maximum absolute atomic E-state index is 12.0. The summed E-state index contributed by atoms with van der Waals surface area (Å²) in [6, 6.07) is 3.37. The molecule has 0 atom stereocenters. The number of nitrogens with two attached hydrogens (primary N) is 1. The zero-order valence-electron chi connectivity index (χ0n) is 10.5. The van der Waals surface area contributed by atoms with Gasteiger partial charge in [-0.25, -0.2) is 4.98 Å². The van der Waals surface area contributed by atoms with Gasteiger partial charge in [0.05, 0.1) is 18.4 Å². The molecule has 0 saturated carbocycles. The molecule has 0 aromatic carbocycles. The molecule has 1 aromatic rings. The highest BCUT2D eigenvalue weighted by Gasteiger charge is 2.15. The quantitative estimate of drug-likeness (QED) is 0.834. The highest BCUT2D eigenvalue weighted by atomic mass is 16.5. The molecular formula is C12H19N3O2. The Hall–Kier alpha value is -1.62. The van der Waals surface area contributed by atoms with Gasteiger partial charge in [-0.2, -0.15) is 0 Å². The number of carbonyl (C=O) groups is 1. The standard InChI is InChI=1S/C12H19N3O2/c1-9(2)17-8-7-15(3)12(16)11-10(13)5-4-6-14-11/h4-6,9H,7-8,13H2,1-3H3. The molecule has 2 N–H and O–H groups in total. The Balaban J connectivity index is 2.55. The minimum Gasteiger partial charge on any atom is -0.397 e. The predicted molar refractivity (Wildman–Crippen MR) is 66.7 cm³/mol. The van der Waals surface area contributed by atoms with Crippen LogP contribution in [0, 0.1) is 0 Å². The summed E-state index contributed by atoms with van der Waals surface area (Å²) in [6.45, 7) is 4.94. The molecule has 0 aliphatic carbocycles. The van der Waals surface area contributed by atoms with Crippen LogP contribution in [0.25, 0.3) is 0 Å². The summed E-state index contributed by atoms with van der Waals surface area (Å²) in [5.41, 5.74) is 6.38. The molecule has 0 unspecified atom stereocenters. The second-order valence-electron chi connectivity index (χ2n) is 4.09. The third kappa shape index (κ3) is 4.03. The van der Waals surface area contributed by atoms with Crippen molar-refractivity contribution in [2.24, 2.45) is 0 Å². The Morgan fingerprint density at radius 2 is 2.29 bits per heavy atom. The van der Waals surface area contributed by atoms with Crippen molar-refractivity contribution in [1.82, 2.24) is 9.88 Å². The topological polar surface area (TPSA) is 68.5 Å². The van der Waals surface area contributed by atoms with Gasteiger partial charge in [0.1, 0.15) is 0 Å². The number of nitrogen functional groups attached to an aromatic ring is 1. The van der Waals surface area contributed by atoms with Crippen molar-refractivity contribution < 1.29 is 9.53 Å². The van der Waals surface area contributed by atoms with Crippen molar-refractivity contribution in [3.05, 3.63) is 24.0 Å². The fraction of sp³-hybridized carbons (Fsp3) is 0.500. The third-order valence-corrected chi connectivity index (χ3v) is 2.27. The van der Waals surface area contributed by atoms with Crippen LogP contribution in [0.15, 0.2) is 18.3 Å². The molecule has 0 spiro atoms. The first-order valence-electron chi connectivity index (χ1n) is 5.60. The SMILES string of the molecule is CC(C)OCCN(C)C(=O)c1ncccc1N. The number of pyridine rings is 1. The summed E-state index contributed by atoms with van der Waals surface area (Å²) in [7, 11) is 1.71. The number of rotatable bonds is 5. The van der Waals surface area contributed by atoms with Gasteiger partial charge in [-0.1, -0.05) is 0 Å². The Bertz CT molecular complexity index is 380. The zero-order valence-corrected chi connectivity index (χ0v) is 10.5. The summed E-state index contributed by atoms with van der Waals surface area (Å²) in [4.78, 5) is 17.5. The van der Waals surface area contributed by atoms with E-state index in [4.69, 9.17) is 10.5 Å². The minimum absolute atomic E-state index is 0.165. The Morgan fingerprint density at radius 3 is 2.88 bits per heavy atom. The lowest BCUT2D eigenvalue weighted by Crippen LogP contribution is -2.31. The maximum Gasteiger partial charge on any atom is 0.274 e. The van der Waals surface area contributed by atoms with Gasteiger partial charge in [0.15, 0.2) is 5.69 Å². The molecule has 0 saturated heterocycles. The fourth-order valence-electron chi connectivity index (χ4n) is 1.30. The molecule has 17 heavy (non-hydrogen) atoms. The van der Waals surface area contributed by atoms with E-state index >= 15 is 0 Å². The van der Waals surface area contributed by atoms with Gasteiger partial charge < -0.3 is 15.4 Å². The van der Waals surface area contributed by atoms with Gasteiger partial charge in [0, 0.05) is 19.8 Å². The monoisotopic (exact) mass is 237 g/mol. The normalized spacial score (nSPS) is 10.6. The van der Waals surface area contributed by atoms with Crippen molar-refractivity contribution >= 4 is 11.6 Å². The lowest BCUT2D eigenvalue weighted by atomic mass is 10.2. The van der Waals surface area contributed by atoms with Crippen LogP contribution in [0.4, 0.5) is 5.69 Å². The summed E-state index contributed by atoms with van der Waals surface area (Å²) in [5, 5.41) is 0. The van der Waals surface area contributed by atoms with Crippen molar-refractivity contribution in [3.63, 3.8) is 0 Å². The Labute approximate surface area is 102 Å². The van der Waals surface area contributed by atoms with Crippen LogP contribution in [-0.4, -0.2) is 42.1 Å². The average molecular weight is 237 g/mol. The van der Waals surface area contributed by atoms with E-state index in [1.54, 1.807) is 30.3 Å². The summed E-state index contributed by atoms with van der Waals surface area (Å²) >= 11 is 0.